The van der Waals surface area contributed by atoms with Crippen molar-refractivity contribution in [2.75, 3.05) is 4.90 Å². The number of hydrogen-bond donors (Lipinski definition) is 0. The minimum atomic E-state index is -0.326. The number of nitrogens with zero attached hydrogens (tertiary/aromatic N) is 2. The Morgan fingerprint density at radius 3 is 2.68 bits per heavy atom. The van der Waals surface area contributed by atoms with Gasteiger partial charge in [0.25, 0.3) is 0 Å². The van der Waals surface area contributed by atoms with E-state index in [1.54, 1.807) is 35.4 Å². The summed E-state index contributed by atoms with van der Waals surface area (Å²) in [4.78, 5) is 6.15. The van der Waals surface area contributed by atoms with E-state index < -0.39 is 0 Å². The second-order valence-electron chi connectivity index (χ2n) is 4.45. The van der Waals surface area contributed by atoms with Crippen LogP contribution in [0.2, 0.25) is 0 Å². The average Bonchev–Trinajstić information content (AvgIpc) is 2.39. The molecule has 1 atom stereocenters. The van der Waals surface area contributed by atoms with Gasteiger partial charge in [-0.1, -0.05) is 12.1 Å². The molecule has 19 heavy (non-hydrogen) atoms. The first-order valence-corrected chi connectivity index (χ1v) is 6.03. The Labute approximate surface area is 109 Å². The van der Waals surface area contributed by atoms with Crippen molar-refractivity contribution in [2.45, 2.75) is 13.1 Å². The van der Waals surface area contributed by atoms with Crippen LogP contribution >= 0.6 is 0 Å². The second-order valence-corrected chi connectivity index (χ2v) is 4.45. The van der Waals surface area contributed by atoms with Crippen LogP contribution in [0.4, 0.5) is 14.5 Å². The third-order valence-corrected chi connectivity index (χ3v) is 3.13. The molecular weight excluding hydrogens is 246 g/mol. The number of para-hydroxylation sites is 1. The van der Waals surface area contributed by atoms with Crippen LogP contribution in [0, 0.1) is 11.6 Å². The smallest absolute Gasteiger partial charge is 0.146 e. The number of fused-ring (bicyclic) bond motifs is 1. The molecule has 0 saturated heterocycles. The minimum absolute atomic E-state index is 0.227. The van der Waals surface area contributed by atoms with Crippen LogP contribution in [-0.4, -0.2) is 6.17 Å². The van der Waals surface area contributed by atoms with Gasteiger partial charge in [0.2, 0.25) is 0 Å². The largest absolute Gasteiger partial charge is 0.322 e. The van der Waals surface area contributed by atoms with E-state index in [1.807, 2.05) is 6.92 Å². The van der Waals surface area contributed by atoms with Gasteiger partial charge in [0.15, 0.2) is 0 Å². The van der Waals surface area contributed by atoms with Crippen molar-refractivity contribution in [1.82, 2.24) is 0 Å². The number of rotatable bonds is 1. The van der Waals surface area contributed by atoms with E-state index in [2.05, 4.69) is 4.99 Å². The molecule has 1 aliphatic heterocycles. The first kappa shape index (κ1) is 11.8. The van der Waals surface area contributed by atoms with Crippen molar-refractivity contribution >= 4 is 11.9 Å². The van der Waals surface area contributed by atoms with Crippen LogP contribution in [-0.2, 0) is 0 Å². The summed E-state index contributed by atoms with van der Waals surface area (Å²) in [5.74, 6) is -0.645. The van der Waals surface area contributed by atoms with Crippen LogP contribution < -0.4 is 15.5 Å². The highest BCUT2D eigenvalue weighted by Gasteiger charge is 2.17. The van der Waals surface area contributed by atoms with Crippen molar-refractivity contribution < 1.29 is 8.78 Å². The highest BCUT2D eigenvalue weighted by Crippen LogP contribution is 2.22. The third kappa shape index (κ3) is 2.10. The maximum Gasteiger partial charge on any atom is 0.146 e. The lowest BCUT2D eigenvalue weighted by Crippen LogP contribution is -2.41. The average molecular weight is 258 g/mol. The standard InChI is InChI=1S/C15H12F2N2/c1-10-18-14-7-6-12(16)8-11(14)9-19(10)15-5-3-2-4-13(15)17/h2-10H,1H3. The molecule has 1 unspecified atom stereocenters. The summed E-state index contributed by atoms with van der Waals surface area (Å²) < 4.78 is 27.1. The Bertz CT molecular complexity index is 740. The Hall–Kier alpha value is -2.23. The predicted octanol–water partition coefficient (Wildman–Crippen LogP) is 2.19. The second kappa shape index (κ2) is 4.46. The highest BCUT2D eigenvalue weighted by molar-refractivity contribution is 5.60. The minimum Gasteiger partial charge on any atom is -0.322 e. The molecule has 0 radical (unpaired) electrons. The van der Waals surface area contributed by atoms with E-state index in [4.69, 9.17) is 0 Å². The molecular formula is C15H12F2N2. The molecule has 1 aliphatic rings. The topological polar surface area (TPSA) is 15.6 Å². The lowest BCUT2D eigenvalue weighted by molar-refractivity contribution is 0.612. The SMILES string of the molecule is CC1N=c2ccc(F)cc2=CN1c1ccccc1F. The van der Waals surface area contributed by atoms with Gasteiger partial charge in [-0.05, 0) is 37.3 Å². The predicted molar refractivity (Wildman–Crippen MR) is 70.0 cm³/mol. The van der Waals surface area contributed by atoms with Crippen molar-refractivity contribution in [3.8, 4) is 0 Å². The van der Waals surface area contributed by atoms with Gasteiger partial charge in [0.05, 0.1) is 11.0 Å². The monoisotopic (exact) mass is 258 g/mol. The van der Waals surface area contributed by atoms with Gasteiger partial charge < -0.3 is 4.90 Å². The zero-order valence-corrected chi connectivity index (χ0v) is 10.3. The number of halogens is 2. The molecule has 0 aliphatic carbocycles. The molecule has 0 saturated carbocycles. The summed E-state index contributed by atoms with van der Waals surface area (Å²) in [7, 11) is 0. The lowest BCUT2D eigenvalue weighted by atomic mass is 10.2. The molecule has 1 heterocycles. The van der Waals surface area contributed by atoms with Crippen LogP contribution in [0.5, 0.6) is 0 Å². The van der Waals surface area contributed by atoms with Gasteiger partial charge in [-0.15, -0.1) is 0 Å². The van der Waals surface area contributed by atoms with E-state index in [9.17, 15) is 8.78 Å². The fraction of sp³-hybridized carbons (Fsp3) is 0.133. The third-order valence-electron chi connectivity index (χ3n) is 3.13. The fourth-order valence-electron chi connectivity index (χ4n) is 2.20. The zero-order chi connectivity index (χ0) is 13.4. The molecule has 0 fully saturated rings. The Kier molecular flexibility index (Phi) is 2.78. The van der Waals surface area contributed by atoms with Crippen molar-refractivity contribution in [1.29, 1.82) is 0 Å². The Morgan fingerprint density at radius 1 is 1.11 bits per heavy atom. The van der Waals surface area contributed by atoms with Gasteiger partial charge in [0.1, 0.15) is 17.8 Å². The first-order valence-electron chi connectivity index (χ1n) is 6.03. The van der Waals surface area contributed by atoms with E-state index in [0.717, 1.165) is 5.36 Å². The summed E-state index contributed by atoms with van der Waals surface area (Å²) in [5, 5.41) is 1.38. The van der Waals surface area contributed by atoms with E-state index in [0.29, 0.717) is 10.9 Å². The molecule has 2 aromatic rings. The summed E-state index contributed by atoms with van der Waals surface area (Å²) >= 11 is 0. The summed E-state index contributed by atoms with van der Waals surface area (Å²) in [6.45, 7) is 1.87. The van der Waals surface area contributed by atoms with Crippen LogP contribution in [0.25, 0.3) is 6.20 Å². The molecule has 0 N–H and O–H groups in total. The summed E-state index contributed by atoms with van der Waals surface area (Å²) in [6.07, 6.45) is 1.50. The first-order chi connectivity index (χ1) is 9.15. The van der Waals surface area contributed by atoms with Gasteiger partial charge in [0, 0.05) is 11.4 Å². The maximum absolute atomic E-state index is 13.8. The van der Waals surface area contributed by atoms with E-state index >= 15 is 0 Å². The molecule has 3 rings (SSSR count). The Balaban J connectivity index is 2.18. The molecule has 0 spiro atoms. The summed E-state index contributed by atoms with van der Waals surface area (Å²) in [5.41, 5.74) is 0.439. The molecule has 0 aromatic heterocycles. The van der Waals surface area contributed by atoms with Gasteiger partial charge in [-0.25, -0.2) is 8.78 Å². The fourth-order valence-corrected chi connectivity index (χ4v) is 2.20. The molecule has 2 nitrogen and oxygen atoms in total. The van der Waals surface area contributed by atoms with Crippen LogP contribution in [0.15, 0.2) is 47.5 Å². The number of hydrogen-bond acceptors (Lipinski definition) is 2. The van der Waals surface area contributed by atoms with E-state index in [1.165, 1.54) is 18.2 Å². The number of benzene rings is 2. The Morgan fingerprint density at radius 2 is 1.89 bits per heavy atom. The maximum atomic E-state index is 13.8. The number of anilines is 1. The van der Waals surface area contributed by atoms with Crippen LogP contribution in [0.1, 0.15) is 6.92 Å². The normalized spacial score (nSPS) is 17.4. The van der Waals surface area contributed by atoms with Gasteiger partial charge in [-0.3, -0.25) is 4.99 Å². The lowest BCUT2D eigenvalue weighted by Gasteiger charge is -2.27. The van der Waals surface area contributed by atoms with Crippen molar-refractivity contribution in [3.63, 3.8) is 0 Å². The molecule has 96 valence electrons. The van der Waals surface area contributed by atoms with Crippen LogP contribution in [0.3, 0.4) is 0 Å². The summed E-state index contributed by atoms with van der Waals surface area (Å²) in [6, 6.07) is 10.9. The molecule has 2 aromatic carbocycles. The van der Waals surface area contributed by atoms with Gasteiger partial charge >= 0.3 is 0 Å². The molecule has 0 amide bonds. The van der Waals surface area contributed by atoms with E-state index in [-0.39, 0.29) is 17.8 Å². The van der Waals surface area contributed by atoms with Gasteiger partial charge in [-0.2, -0.15) is 0 Å². The molecule has 0 bridgehead atoms. The molecule has 4 heteroatoms. The zero-order valence-electron chi connectivity index (χ0n) is 10.3. The highest BCUT2D eigenvalue weighted by atomic mass is 19.1. The van der Waals surface area contributed by atoms with Crippen molar-refractivity contribution in [2.24, 2.45) is 4.99 Å². The quantitative estimate of drug-likeness (QED) is 0.765. The van der Waals surface area contributed by atoms with Crippen molar-refractivity contribution in [3.05, 3.63) is 64.7 Å².